The summed E-state index contributed by atoms with van der Waals surface area (Å²) in [6.45, 7) is 0. The summed E-state index contributed by atoms with van der Waals surface area (Å²) >= 11 is 1.17. The third-order valence-electron chi connectivity index (χ3n) is 3.89. The first kappa shape index (κ1) is 16.5. The topological polar surface area (TPSA) is 72.7 Å². The van der Waals surface area contributed by atoms with Gasteiger partial charge in [0.25, 0.3) is 5.56 Å². The molecule has 4 aromatic rings. The van der Waals surface area contributed by atoms with Crippen molar-refractivity contribution >= 4 is 37.6 Å². The van der Waals surface area contributed by atoms with Gasteiger partial charge in [-0.1, -0.05) is 0 Å². The van der Waals surface area contributed by atoms with Crippen LogP contribution in [0.2, 0.25) is 0 Å². The minimum atomic E-state index is -4.43. The molecule has 3 aromatic heterocycles. The predicted octanol–water partition coefficient (Wildman–Crippen LogP) is 3.45. The lowest BCUT2D eigenvalue weighted by molar-refractivity contribution is -0.137. The Kier molecular flexibility index (Phi) is 3.65. The van der Waals surface area contributed by atoms with Crippen LogP contribution in [-0.4, -0.2) is 26.6 Å². The van der Waals surface area contributed by atoms with Crippen molar-refractivity contribution in [1.82, 2.24) is 19.5 Å². The Bertz CT molecular complexity index is 1180. The van der Waals surface area contributed by atoms with Crippen LogP contribution in [0, 0.1) is 0 Å². The maximum Gasteiger partial charge on any atom is 0.416 e. The van der Waals surface area contributed by atoms with E-state index >= 15 is 0 Å². The number of benzene rings is 1. The first-order chi connectivity index (χ1) is 12.4. The molecule has 0 aliphatic heterocycles. The number of thiophene rings is 1. The Morgan fingerprint density at radius 3 is 2.50 bits per heavy atom. The molecule has 3 heterocycles. The smallest absolute Gasteiger partial charge is 0.372 e. The fourth-order valence-electron chi connectivity index (χ4n) is 2.65. The van der Waals surface area contributed by atoms with Crippen LogP contribution < -0.4 is 10.9 Å². The summed E-state index contributed by atoms with van der Waals surface area (Å²) in [4.78, 5) is 26.0. The zero-order valence-electron chi connectivity index (χ0n) is 13.2. The van der Waals surface area contributed by atoms with Gasteiger partial charge >= 0.3 is 6.18 Å². The van der Waals surface area contributed by atoms with Crippen LogP contribution in [0.25, 0.3) is 26.1 Å². The summed E-state index contributed by atoms with van der Waals surface area (Å²) in [5.41, 5.74) is -0.392. The number of fused-ring (bicyclic) bond motifs is 3. The lowest BCUT2D eigenvalue weighted by Crippen LogP contribution is -2.18. The van der Waals surface area contributed by atoms with Crippen LogP contribution in [0.15, 0.2) is 41.7 Å². The molecule has 0 amide bonds. The Morgan fingerprint density at radius 2 is 1.85 bits per heavy atom. The van der Waals surface area contributed by atoms with E-state index in [1.165, 1.54) is 40.7 Å². The molecule has 0 aliphatic carbocycles. The molecule has 0 bridgehead atoms. The zero-order chi connectivity index (χ0) is 18.5. The molecule has 4 rings (SSSR count). The van der Waals surface area contributed by atoms with Gasteiger partial charge in [0.2, 0.25) is 0 Å². The van der Waals surface area contributed by atoms with E-state index in [1.807, 2.05) is 0 Å². The average molecular weight is 377 g/mol. The highest BCUT2D eigenvalue weighted by molar-refractivity contribution is 7.25. The molecule has 0 unspecified atom stereocenters. The van der Waals surface area contributed by atoms with Crippen molar-refractivity contribution in [1.29, 1.82) is 0 Å². The van der Waals surface area contributed by atoms with Gasteiger partial charge in [-0.3, -0.25) is 9.36 Å². The maximum absolute atomic E-state index is 12.8. The first-order valence-corrected chi connectivity index (χ1v) is 8.22. The van der Waals surface area contributed by atoms with Crippen molar-refractivity contribution in [3.05, 3.63) is 52.8 Å². The average Bonchev–Trinajstić information content (AvgIpc) is 3.01. The summed E-state index contributed by atoms with van der Waals surface area (Å²) in [5, 5.41) is 3.58. The van der Waals surface area contributed by atoms with Crippen LogP contribution >= 0.6 is 11.3 Å². The van der Waals surface area contributed by atoms with Gasteiger partial charge < -0.3 is 5.32 Å². The SMILES string of the molecule is CNc1ncnc2sc3c(=O)n(-c4ccc(C(F)(F)F)cc4)cnc3c12. The second-order valence-corrected chi connectivity index (χ2v) is 6.40. The number of rotatable bonds is 2. The molecule has 0 fully saturated rings. The van der Waals surface area contributed by atoms with Gasteiger partial charge in [0.15, 0.2) is 0 Å². The van der Waals surface area contributed by atoms with Gasteiger partial charge in [-0.25, -0.2) is 15.0 Å². The van der Waals surface area contributed by atoms with Gasteiger partial charge in [0.05, 0.1) is 16.6 Å². The number of hydrogen-bond donors (Lipinski definition) is 1. The first-order valence-electron chi connectivity index (χ1n) is 7.40. The highest BCUT2D eigenvalue weighted by atomic mass is 32.1. The van der Waals surface area contributed by atoms with Crippen LogP contribution in [0.1, 0.15) is 5.56 Å². The molecule has 6 nitrogen and oxygen atoms in total. The van der Waals surface area contributed by atoms with Crippen LogP contribution in [0.5, 0.6) is 0 Å². The van der Waals surface area contributed by atoms with Gasteiger partial charge in [-0.15, -0.1) is 11.3 Å². The monoisotopic (exact) mass is 377 g/mol. The largest absolute Gasteiger partial charge is 0.416 e. The van der Waals surface area contributed by atoms with Crippen molar-refractivity contribution in [2.75, 3.05) is 12.4 Å². The second kappa shape index (κ2) is 5.77. The third kappa shape index (κ3) is 2.49. The van der Waals surface area contributed by atoms with E-state index < -0.39 is 11.7 Å². The third-order valence-corrected chi connectivity index (χ3v) is 4.96. The second-order valence-electron chi connectivity index (χ2n) is 5.40. The highest BCUT2D eigenvalue weighted by Gasteiger charge is 2.30. The number of anilines is 1. The van der Waals surface area contributed by atoms with Crippen LogP contribution in [-0.2, 0) is 6.18 Å². The zero-order valence-corrected chi connectivity index (χ0v) is 14.0. The number of halogens is 3. The summed E-state index contributed by atoms with van der Waals surface area (Å²) in [5.74, 6) is 0.556. The van der Waals surface area contributed by atoms with E-state index in [0.717, 1.165) is 12.1 Å². The normalized spacial score (nSPS) is 12.0. The van der Waals surface area contributed by atoms with E-state index in [9.17, 15) is 18.0 Å². The maximum atomic E-state index is 12.8. The summed E-state index contributed by atoms with van der Waals surface area (Å²) in [6.07, 6.45) is -1.75. The van der Waals surface area contributed by atoms with E-state index in [1.54, 1.807) is 7.05 Å². The number of nitrogens with zero attached hydrogens (tertiary/aromatic N) is 4. The number of nitrogens with one attached hydrogen (secondary N) is 1. The molecular weight excluding hydrogens is 367 g/mol. The van der Waals surface area contributed by atoms with Gasteiger partial charge in [-0.2, -0.15) is 13.2 Å². The Labute approximate surface area is 148 Å². The number of hydrogen-bond acceptors (Lipinski definition) is 6. The molecule has 132 valence electrons. The van der Waals surface area contributed by atoms with E-state index in [2.05, 4.69) is 20.3 Å². The van der Waals surface area contributed by atoms with Crippen molar-refractivity contribution in [3.8, 4) is 5.69 Å². The van der Waals surface area contributed by atoms with E-state index in [-0.39, 0.29) is 5.56 Å². The lowest BCUT2D eigenvalue weighted by atomic mass is 10.2. The fourth-order valence-corrected chi connectivity index (χ4v) is 3.67. The predicted molar refractivity (Wildman–Crippen MR) is 92.9 cm³/mol. The summed E-state index contributed by atoms with van der Waals surface area (Å²) in [6, 6.07) is 4.34. The van der Waals surface area contributed by atoms with Crippen molar-refractivity contribution in [2.45, 2.75) is 6.18 Å². The Balaban J connectivity index is 1.91. The molecule has 1 aromatic carbocycles. The summed E-state index contributed by atoms with van der Waals surface area (Å²) < 4.78 is 39.7. The quantitative estimate of drug-likeness (QED) is 0.579. The van der Waals surface area contributed by atoms with Crippen LogP contribution in [0.4, 0.5) is 19.0 Å². The Hall–Kier alpha value is -3.01. The minimum absolute atomic E-state index is 0.301. The molecule has 0 aliphatic rings. The highest BCUT2D eigenvalue weighted by Crippen LogP contribution is 2.33. The minimum Gasteiger partial charge on any atom is -0.372 e. The van der Waals surface area contributed by atoms with Gasteiger partial charge in [0, 0.05) is 7.05 Å². The standard InChI is InChI=1S/C16H10F3N5OS/c1-20-13-10-11-12(26-14(10)22-6-21-13)15(25)24(7-23-11)9-4-2-8(3-5-9)16(17,18)19/h2-7H,1H3,(H,20,21,22). The van der Waals surface area contributed by atoms with Gasteiger partial charge in [0.1, 0.15) is 33.5 Å². The van der Waals surface area contributed by atoms with Crippen molar-refractivity contribution < 1.29 is 13.2 Å². The molecule has 0 radical (unpaired) electrons. The van der Waals surface area contributed by atoms with Crippen LogP contribution in [0.3, 0.4) is 0 Å². The fraction of sp³-hybridized carbons (Fsp3) is 0.125. The molecule has 0 spiro atoms. The van der Waals surface area contributed by atoms with E-state index in [4.69, 9.17) is 0 Å². The van der Waals surface area contributed by atoms with Gasteiger partial charge in [-0.05, 0) is 24.3 Å². The summed E-state index contributed by atoms with van der Waals surface area (Å²) in [7, 11) is 1.70. The van der Waals surface area contributed by atoms with Crippen molar-refractivity contribution in [3.63, 3.8) is 0 Å². The number of alkyl halides is 3. The molecule has 0 saturated heterocycles. The Morgan fingerprint density at radius 1 is 1.12 bits per heavy atom. The molecular formula is C16H10F3N5OS. The molecule has 1 N–H and O–H groups in total. The van der Waals surface area contributed by atoms with Crippen molar-refractivity contribution in [2.24, 2.45) is 0 Å². The lowest BCUT2D eigenvalue weighted by Gasteiger charge is -2.09. The van der Waals surface area contributed by atoms with E-state index in [0.29, 0.717) is 31.9 Å². The molecule has 0 saturated carbocycles. The molecule has 26 heavy (non-hydrogen) atoms. The number of aromatic nitrogens is 4. The molecule has 0 atom stereocenters. The molecule has 10 heteroatoms.